The van der Waals surface area contributed by atoms with Crippen LogP contribution in [0.5, 0.6) is 0 Å². The molecule has 0 aliphatic carbocycles. The van der Waals surface area contributed by atoms with E-state index < -0.39 is 16.1 Å². The van der Waals surface area contributed by atoms with Gasteiger partial charge < -0.3 is 14.7 Å². The van der Waals surface area contributed by atoms with Gasteiger partial charge in [-0.1, -0.05) is 32.9 Å². The minimum atomic E-state index is -3.80. The molecule has 2 atom stereocenters. The van der Waals surface area contributed by atoms with Gasteiger partial charge in [0.15, 0.2) is 0 Å². The molecule has 2 aromatic carbocycles. The van der Waals surface area contributed by atoms with Gasteiger partial charge in [0, 0.05) is 43.6 Å². The van der Waals surface area contributed by atoms with Gasteiger partial charge in [-0.25, -0.2) is 8.42 Å². The van der Waals surface area contributed by atoms with Crippen molar-refractivity contribution in [2.45, 2.75) is 70.4 Å². The van der Waals surface area contributed by atoms with Crippen LogP contribution >= 0.6 is 0 Å². The maximum absolute atomic E-state index is 13.9. The zero-order valence-electron chi connectivity index (χ0n) is 21.5. The maximum atomic E-state index is 13.9. The van der Waals surface area contributed by atoms with Gasteiger partial charge in [-0.3, -0.25) is 4.31 Å². The summed E-state index contributed by atoms with van der Waals surface area (Å²) >= 11 is 0. The standard InChI is InChI=1S/C28H40N2O4S/c1-5-22-6-8-24(9-7-22)30(19-20(2)3)35(32,33)25-10-11-27-26(18-25)28(31)12-15-29(27)21(4)23-13-16-34-17-14-23/h6-11,18,20-21,23,28,31H,5,12-17,19H2,1-4H3/t21-,28?/m1/s1. The van der Waals surface area contributed by atoms with Gasteiger partial charge in [-0.15, -0.1) is 0 Å². The Morgan fingerprint density at radius 2 is 1.74 bits per heavy atom. The number of ether oxygens (including phenoxy) is 1. The predicted octanol–water partition coefficient (Wildman–Crippen LogP) is 5.16. The highest BCUT2D eigenvalue weighted by Gasteiger charge is 2.33. The molecule has 0 aromatic heterocycles. The Hall–Kier alpha value is -2.09. The highest BCUT2D eigenvalue weighted by atomic mass is 32.2. The van der Waals surface area contributed by atoms with Gasteiger partial charge in [-0.05, 0) is 80.3 Å². The van der Waals surface area contributed by atoms with Crippen molar-refractivity contribution >= 4 is 21.4 Å². The molecule has 2 aliphatic rings. The number of rotatable bonds is 8. The third-order valence-corrected chi connectivity index (χ3v) is 9.29. The number of hydrogen-bond acceptors (Lipinski definition) is 5. The van der Waals surface area contributed by atoms with Crippen LogP contribution in [0.3, 0.4) is 0 Å². The van der Waals surface area contributed by atoms with Crippen LogP contribution in [0.15, 0.2) is 47.4 Å². The van der Waals surface area contributed by atoms with E-state index in [1.807, 2.05) is 44.2 Å². The molecular formula is C28H40N2O4S. The zero-order valence-corrected chi connectivity index (χ0v) is 22.3. The van der Waals surface area contributed by atoms with E-state index in [1.54, 1.807) is 12.1 Å². The van der Waals surface area contributed by atoms with Crippen molar-refractivity contribution in [1.29, 1.82) is 0 Å². The topological polar surface area (TPSA) is 70.1 Å². The lowest BCUT2D eigenvalue weighted by atomic mass is 9.89. The van der Waals surface area contributed by atoms with E-state index >= 15 is 0 Å². The van der Waals surface area contributed by atoms with E-state index in [0.29, 0.717) is 36.2 Å². The highest BCUT2D eigenvalue weighted by Crippen LogP contribution is 2.39. The molecule has 6 nitrogen and oxygen atoms in total. The van der Waals surface area contributed by atoms with Gasteiger partial charge in [0.25, 0.3) is 10.0 Å². The Kier molecular flexibility index (Phi) is 8.09. The van der Waals surface area contributed by atoms with Gasteiger partial charge in [-0.2, -0.15) is 0 Å². The summed E-state index contributed by atoms with van der Waals surface area (Å²) in [6.07, 6.45) is 2.90. The lowest BCUT2D eigenvalue weighted by Crippen LogP contribution is -2.44. The Morgan fingerprint density at radius 1 is 1.06 bits per heavy atom. The fourth-order valence-electron chi connectivity index (χ4n) is 5.33. The second kappa shape index (κ2) is 10.9. The summed E-state index contributed by atoms with van der Waals surface area (Å²) in [6.45, 7) is 11.1. The van der Waals surface area contributed by atoms with Crippen LogP contribution < -0.4 is 9.21 Å². The van der Waals surface area contributed by atoms with Gasteiger partial charge in [0.05, 0.1) is 16.7 Å². The van der Waals surface area contributed by atoms with Gasteiger partial charge in [0.1, 0.15) is 0 Å². The Bertz CT molecular complexity index is 1090. The molecule has 1 N–H and O–H groups in total. The molecule has 1 unspecified atom stereocenters. The molecule has 192 valence electrons. The summed E-state index contributed by atoms with van der Waals surface area (Å²) in [5.41, 5.74) is 3.50. The Balaban J connectivity index is 1.68. The molecule has 2 heterocycles. The average molecular weight is 501 g/mol. The number of anilines is 2. The summed E-state index contributed by atoms with van der Waals surface area (Å²) in [7, 11) is -3.80. The van der Waals surface area contributed by atoms with E-state index in [0.717, 1.165) is 44.7 Å². The molecule has 0 spiro atoms. The Labute approximate surface area is 211 Å². The molecule has 2 aliphatic heterocycles. The number of aliphatic hydroxyl groups excluding tert-OH is 1. The SMILES string of the molecule is CCc1ccc(N(CC(C)C)S(=O)(=O)c2ccc3c(c2)C(O)CCN3[C@H](C)C2CCOCC2)cc1. The fraction of sp³-hybridized carbons (Fsp3) is 0.571. The monoisotopic (exact) mass is 500 g/mol. The van der Waals surface area contributed by atoms with Crippen LogP contribution in [0.4, 0.5) is 11.4 Å². The number of hydrogen-bond donors (Lipinski definition) is 1. The molecule has 4 rings (SSSR count). The predicted molar refractivity (Wildman–Crippen MR) is 142 cm³/mol. The summed E-state index contributed by atoms with van der Waals surface area (Å²) < 4.78 is 34.8. The fourth-order valence-corrected chi connectivity index (χ4v) is 7.00. The average Bonchev–Trinajstić information content (AvgIpc) is 2.87. The third kappa shape index (κ3) is 5.52. The van der Waals surface area contributed by atoms with Crippen molar-refractivity contribution in [3.63, 3.8) is 0 Å². The lowest BCUT2D eigenvalue weighted by molar-refractivity contribution is 0.0583. The molecule has 7 heteroatoms. The first-order valence-corrected chi connectivity index (χ1v) is 14.4. The van der Waals surface area contributed by atoms with Crippen molar-refractivity contribution in [3.05, 3.63) is 53.6 Å². The first-order chi connectivity index (χ1) is 16.7. The van der Waals surface area contributed by atoms with E-state index in [9.17, 15) is 13.5 Å². The Morgan fingerprint density at radius 3 is 2.37 bits per heavy atom. The van der Waals surface area contributed by atoms with Crippen LogP contribution in [0.25, 0.3) is 0 Å². The van der Waals surface area contributed by atoms with Crippen LogP contribution in [-0.2, 0) is 21.2 Å². The molecule has 0 saturated carbocycles. The number of aliphatic hydroxyl groups is 1. The molecule has 0 bridgehead atoms. The first kappa shape index (κ1) is 26.0. The smallest absolute Gasteiger partial charge is 0.264 e. The quantitative estimate of drug-likeness (QED) is 0.542. The first-order valence-electron chi connectivity index (χ1n) is 13.0. The molecule has 1 fully saturated rings. The molecular weight excluding hydrogens is 460 g/mol. The van der Waals surface area contributed by atoms with Crippen LogP contribution in [-0.4, -0.2) is 45.9 Å². The molecule has 0 radical (unpaired) electrons. The van der Waals surface area contributed by atoms with Crippen molar-refractivity contribution in [2.24, 2.45) is 11.8 Å². The molecule has 2 aromatic rings. The van der Waals surface area contributed by atoms with Crippen molar-refractivity contribution in [2.75, 3.05) is 35.5 Å². The van der Waals surface area contributed by atoms with Crippen molar-refractivity contribution in [1.82, 2.24) is 0 Å². The van der Waals surface area contributed by atoms with Crippen molar-refractivity contribution in [3.8, 4) is 0 Å². The zero-order chi connectivity index (χ0) is 25.2. The molecule has 1 saturated heterocycles. The number of aryl methyl sites for hydroxylation is 1. The van der Waals surface area contributed by atoms with Gasteiger partial charge >= 0.3 is 0 Å². The third-order valence-electron chi connectivity index (χ3n) is 7.50. The maximum Gasteiger partial charge on any atom is 0.264 e. The summed E-state index contributed by atoms with van der Waals surface area (Å²) in [6, 6.07) is 13.4. The summed E-state index contributed by atoms with van der Waals surface area (Å²) in [4.78, 5) is 2.58. The molecule has 0 amide bonds. The highest BCUT2D eigenvalue weighted by molar-refractivity contribution is 7.92. The summed E-state index contributed by atoms with van der Waals surface area (Å²) in [5, 5.41) is 10.9. The van der Waals surface area contributed by atoms with Crippen LogP contribution in [0.2, 0.25) is 0 Å². The number of sulfonamides is 1. The number of nitrogens with zero attached hydrogens (tertiary/aromatic N) is 2. The molecule has 35 heavy (non-hydrogen) atoms. The number of benzene rings is 2. The van der Waals surface area contributed by atoms with Crippen LogP contribution in [0.1, 0.15) is 64.2 Å². The van der Waals surface area contributed by atoms with E-state index in [-0.39, 0.29) is 10.8 Å². The van der Waals surface area contributed by atoms with E-state index in [2.05, 4.69) is 18.7 Å². The van der Waals surface area contributed by atoms with Crippen molar-refractivity contribution < 1.29 is 18.3 Å². The van der Waals surface area contributed by atoms with Gasteiger partial charge in [0.2, 0.25) is 0 Å². The second-order valence-electron chi connectivity index (χ2n) is 10.4. The van der Waals surface area contributed by atoms with E-state index in [1.165, 1.54) is 9.87 Å². The normalized spacial score (nSPS) is 20.1. The van der Waals surface area contributed by atoms with Crippen LogP contribution in [0, 0.1) is 11.8 Å². The lowest BCUT2D eigenvalue weighted by Gasteiger charge is -2.42. The minimum absolute atomic E-state index is 0.162. The minimum Gasteiger partial charge on any atom is -0.388 e. The largest absolute Gasteiger partial charge is 0.388 e. The summed E-state index contributed by atoms with van der Waals surface area (Å²) in [5.74, 6) is 0.692. The van der Waals surface area contributed by atoms with E-state index in [4.69, 9.17) is 4.74 Å². The number of fused-ring (bicyclic) bond motifs is 1. The second-order valence-corrected chi connectivity index (χ2v) is 12.2.